The Bertz CT molecular complexity index is 380. The number of carbonyl (C=O) groups excluding carboxylic acids is 1. The fourth-order valence-electron chi connectivity index (χ4n) is 0.791. The quantitative estimate of drug-likeness (QED) is 0.378. The summed E-state index contributed by atoms with van der Waals surface area (Å²) < 4.78 is 30.6. The molecule has 1 unspecified atom stereocenters. The van der Waals surface area contributed by atoms with Crippen molar-refractivity contribution < 1.29 is 17.9 Å². The van der Waals surface area contributed by atoms with Crippen LogP contribution in [-0.2, 0) is 14.9 Å². The normalized spacial score (nSPS) is 14.9. The molecule has 0 spiro atoms. The Labute approximate surface area is 94.2 Å². The predicted molar refractivity (Wildman–Crippen MR) is 58.2 cm³/mol. The fourth-order valence-corrected chi connectivity index (χ4v) is 1.99. The third-order valence-corrected chi connectivity index (χ3v) is 3.22. The highest BCUT2D eigenvalue weighted by Crippen LogP contribution is 2.09. The van der Waals surface area contributed by atoms with Gasteiger partial charge in [-0.15, -0.1) is 0 Å². The number of ether oxygens (including phenoxy) is 1. The second kappa shape index (κ2) is 5.12. The molecule has 0 radical (unpaired) electrons. The number of nitrogens with one attached hydrogen (secondary N) is 3. The van der Waals surface area contributed by atoms with Crippen molar-refractivity contribution >= 4 is 22.1 Å². The van der Waals surface area contributed by atoms with E-state index in [0.717, 1.165) is 7.11 Å². The van der Waals surface area contributed by atoms with E-state index in [9.17, 15) is 13.2 Å². The molecule has 0 saturated carbocycles. The van der Waals surface area contributed by atoms with E-state index in [4.69, 9.17) is 11.1 Å². The zero-order valence-corrected chi connectivity index (χ0v) is 10.1. The molecular formula is C7H16N4O4S. The number of amidine groups is 1. The number of methoxy groups -OCH3 is 1. The van der Waals surface area contributed by atoms with E-state index >= 15 is 0 Å². The third-order valence-electron chi connectivity index (χ3n) is 2.06. The molecule has 0 saturated heterocycles. The van der Waals surface area contributed by atoms with Gasteiger partial charge in [-0.2, -0.15) is 13.1 Å². The van der Waals surface area contributed by atoms with Gasteiger partial charge in [0.15, 0.2) is 0 Å². The molecule has 94 valence electrons. The van der Waals surface area contributed by atoms with Gasteiger partial charge in [-0.3, -0.25) is 5.41 Å². The molecular weight excluding hydrogens is 236 g/mol. The largest absolute Gasteiger partial charge is 0.452 e. The maximum Gasteiger partial charge on any atom is 0.421 e. The minimum Gasteiger partial charge on any atom is -0.452 e. The van der Waals surface area contributed by atoms with E-state index in [1.54, 1.807) is 11.6 Å². The smallest absolute Gasteiger partial charge is 0.421 e. The van der Waals surface area contributed by atoms with E-state index in [1.165, 1.54) is 6.92 Å². The average Bonchev–Trinajstić information content (AvgIpc) is 2.15. The number of amides is 1. The summed E-state index contributed by atoms with van der Waals surface area (Å²) in [4.78, 5) is 10.7. The molecule has 0 aliphatic carbocycles. The molecule has 0 fully saturated rings. The summed E-state index contributed by atoms with van der Waals surface area (Å²) >= 11 is 0. The van der Waals surface area contributed by atoms with Crippen LogP contribution in [0.3, 0.4) is 0 Å². The van der Waals surface area contributed by atoms with E-state index in [0.29, 0.717) is 0 Å². The van der Waals surface area contributed by atoms with Crippen LogP contribution in [0.1, 0.15) is 20.3 Å². The monoisotopic (exact) mass is 252 g/mol. The zero-order chi connectivity index (χ0) is 13.0. The Morgan fingerprint density at radius 1 is 1.56 bits per heavy atom. The number of nitrogens with two attached hydrogens (primary N) is 1. The van der Waals surface area contributed by atoms with Crippen molar-refractivity contribution in [2.75, 3.05) is 7.11 Å². The summed E-state index contributed by atoms with van der Waals surface area (Å²) in [5, 5.41) is 7.26. The van der Waals surface area contributed by atoms with E-state index in [2.05, 4.69) is 9.46 Å². The second-order valence-electron chi connectivity index (χ2n) is 3.30. The lowest BCUT2D eigenvalue weighted by Gasteiger charge is -2.27. The van der Waals surface area contributed by atoms with Crippen molar-refractivity contribution in [3.63, 3.8) is 0 Å². The van der Waals surface area contributed by atoms with Crippen LogP contribution in [0.4, 0.5) is 4.79 Å². The highest BCUT2D eigenvalue weighted by atomic mass is 32.2. The fraction of sp³-hybridized carbons (Fsp3) is 0.714. The molecule has 5 N–H and O–H groups in total. The van der Waals surface area contributed by atoms with E-state index < -0.39 is 21.8 Å². The molecule has 8 nitrogen and oxygen atoms in total. The van der Waals surface area contributed by atoms with Crippen molar-refractivity contribution in [2.45, 2.75) is 25.8 Å². The maximum absolute atomic E-state index is 11.4. The van der Waals surface area contributed by atoms with E-state index in [-0.39, 0.29) is 12.3 Å². The Hall–Kier alpha value is -1.35. The van der Waals surface area contributed by atoms with Crippen LogP contribution >= 0.6 is 0 Å². The Morgan fingerprint density at radius 3 is 2.38 bits per heavy atom. The molecule has 0 aromatic heterocycles. The van der Waals surface area contributed by atoms with Crippen LogP contribution < -0.4 is 15.2 Å². The van der Waals surface area contributed by atoms with Crippen molar-refractivity contribution in [1.29, 1.82) is 5.41 Å². The predicted octanol–water partition coefficient (Wildman–Crippen LogP) is -0.719. The first-order chi connectivity index (χ1) is 7.17. The minimum absolute atomic E-state index is 0.268. The van der Waals surface area contributed by atoms with Gasteiger partial charge in [0.1, 0.15) is 5.84 Å². The number of hydrogen-bond donors (Lipinski definition) is 4. The first kappa shape index (κ1) is 14.6. The van der Waals surface area contributed by atoms with Crippen molar-refractivity contribution in [3.05, 3.63) is 0 Å². The lowest BCUT2D eigenvalue weighted by atomic mass is 10.00. The molecule has 0 aliphatic rings. The lowest BCUT2D eigenvalue weighted by molar-refractivity contribution is 0.177. The molecule has 9 heteroatoms. The number of hydrogen-bond acceptors (Lipinski definition) is 5. The highest BCUT2D eigenvalue weighted by Gasteiger charge is 2.32. The summed E-state index contributed by atoms with van der Waals surface area (Å²) in [7, 11) is -3.07. The molecule has 1 atom stereocenters. The van der Waals surface area contributed by atoms with Crippen LogP contribution in [-0.4, -0.2) is 33.0 Å². The third kappa shape index (κ3) is 4.03. The van der Waals surface area contributed by atoms with Gasteiger partial charge in [-0.05, 0) is 13.3 Å². The molecule has 1 amide bonds. The second-order valence-corrected chi connectivity index (χ2v) is 4.71. The standard InChI is InChI=1S/C7H16N4O4S/c1-4-7(2,5(8)9)11-16(13,14)10-6(12)15-3/h11H,4H2,1-3H3,(H3,8,9)(H,10,12). The minimum atomic E-state index is -4.10. The van der Waals surface area contributed by atoms with Crippen LogP contribution in [0.25, 0.3) is 0 Å². The van der Waals surface area contributed by atoms with Crippen LogP contribution in [0.2, 0.25) is 0 Å². The van der Waals surface area contributed by atoms with Gasteiger partial charge in [-0.1, -0.05) is 6.92 Å². The van der Waals surface area contributed by atoms with Crippen molar-refractivity contribution in [1.82, 2.24) is 9.44 Å². The molecule has 0 rings (SSSR count). The van der Waals surface area contributed by atoms with Crippen LogP contribution in [0.5, 0.6) is 0 Å². The Balaban J connectivity index is 4.82. The topological polar surface area (TPSA) is 134 Å². The first-order valence-electron chi connectivity index (χ1n) is 4.41. The Morgan fingerprint density at radius 2 is 2.06 bits per heavy atom. The number of rotatable bonds is 5. The molecule has 0 aromatic carbocycles. The Kier molecular flexibility index (Phi) is 4.69. The zero-order valence-electron chi connectivity index (χ0n) is 9.33. The van der Waals surface area contributed by atoms with Crippen LogP contribution in [0, 0.1) is 5.41 Å². The molecule has 16 heavy (non-hydrogen) atoms. The van der Waals surface area contributed by atoms with E-state index in [1.807, 2.05) is 0 Å². The summed E-state index contributed by atoms with van der Waals surface area (Å²) in [5.41, 5.74) is 4.03. The maximum atomic E-state index is 11.4. The van der Waals surface area contributed by atoms with Crippen molar-refractivity contribution in [2.24, 2.45) is 5.73 Å². The van der Waals surface area contributed by atoms with Gasteiger partial charge in [0.2, 0.25) is 0 Å². The molecule has 0 aliphatic heterocycles. The van der Waals surface area contributed by atoms with Crippen LogP contribution in [0.15, 0.2) is 0 Å². The molecule has 0 heterocycles. The molecule has 0 bridgehead atoms. The van der Waals surface area contributed by atoms with Gasteiger partial charge >= 0.3 is 16.3 Å². The number of carbonyl (C=O) groups is 1. The average molecular weight is 252 g/mol. The van der Waals surface area contributed by atoms with Gasteiger partial charge in [-0.25, -0.2) is 9.52 Å². The first-order valence-corrected chi connectivity index (χ1v) is 5.89. The van der Waals surface area contributed by atoms with Gasteiger partial charge in [0.05, 0.1) is 12.6 Å². The SMILES string of the molecule is CCC(C)(NS(=O)(=O)NC(=O)OC)C(=N)N. The summed E-state index contributed by atoms with van der Waals surface area (Å²) in [6.45, 7) is 3.09. The van der Waals surface area contributed by atoms with Gasteiger partial charge in [0, 0.05) is 0 Å². The summed E-state index contributed by atoms with van der Waals surface area (Å²) in [6.07, 6.45) is -0.848. The lowest BCUT2D eigenvalue weighted by Crippen LogP contribution is -2.57. The van der Waals surface area contributed by atoms with Crippen molar-refractivity contribution in [3.8, 4) is 0 Å². The molecule has 0 aromatic rings. The van der Waals surface area contributed by atoms with Gasteiger partial charge < -0.3 is 10.5 Å². The summed E-state index contributed by atoms with van der Waals surface area (Å²) in [5.74, 6) is -0.342. The van der Waals surface area contributed by atoms with Gasteiger partial charge in [0.25, 0.3) is 0 Å². The highest BCUT2D eigenvalue weighted by molar-refractivity contribution is 7.88. The summed E-state index contributed by atoms with van der Waals surface area (Å²) in [6, 6.07) is 0.